The van der Waals surface area contributed by atoms with Gasteiger partial charge in [0.1, 0.15) is 6.61 Å². The number of esters is 2. The molecule has 0 fully saturated rings. The third-order valence-electron chi connectivity index (χ3n) is 7.06. The van der Waals surface area contributed by atoms with Crippen LogP contribution in [0, 0.1) is 27.2 Å². The van der Waals surface area contributed by atoms with Crippen LogP contribution >= 0.6 is 0 Å². The van der Waals surface area contributed by atoms with Crippen molar-refractivity contribution in [2.75, 3.05) is 21.3 Å². The molecule has 0 spiro atoms. The van der Waals surface area contributed by atoms with E-state index in [4.69, 9.17) is 24.5 Å². The first-order chi connectivity index (χ1) is 20.7. The van der Waals surface area contributed by atoms with E-state index < -0.39 is 5.97 Å². The van der Waals surface area contributed by atoms with Crippen molar-refractivity contribution in [3.05, 3.63) is 114 Å². The maximum absolute atomic E-state index is 12.6. The SMILES string of the molecule is COC(=O)C(C)C.COOCc1cccc(C)c1N=C1C(=Nc2c(C)cccc2C(=O)OC)c2cccc3cccc1c23.[CH3-].[Ni]. The molecule has 0 saturated carbocycles. The molecule has 240 valence electrons. The number of aryl methyl sites for hydroxylation is 2. The summed E-state index contributed by atoms with van der Waals surface area (Å²) in [5.74, 6) is -0.576. The largest absolute Gasteiger partial charge is 0.469 e. The van der Waals surface area contributed by atoms with Crippen LogP contribution in [0.3, 0.4) is 0 Å². The second-order valence-electron chi connectivity index (χ2n) is 10.3. The molecular weight excluding hydrogens is 615 g/mol. The van der Waals surface area contributed by atoms with Crippen LogP contribution in [0.1, 0.15) is 52.0 Å². The summed E-state index contributed by atoms with van der Waals surface area (Å²) >= 11 is 0. The summed E-state index contributed by atoms with van der Waals surface area (Å²) in [7, 11) is 4.26. The summed E-state index contributed by atoms with van der Waals surface area (Å²) in [6.07, 6.45) is 0. The molecule has 0 N–H and O–H groups in total. The zero-order valence-electron chi connectivity index (χ0n) is 26.9. The van der Waals surface area contributed by atoms with E-state index in [9.17, 15) is 9.59 Å². The number of methoxy groups -OCH3 is 2. The molecule has 45 heavy (non-hydrogen) atoms. The summed E-state index contributed by atoms with van der Waals surface area (Å²) in [4.78, 5) is 43.2. The molecule has 0 aliphatic heterocycles. The van der Waals surface area contributed by atoms with Crippen molar-refractivity contribution < 1.29 is 45.3 Å². The van der Waals surface area contributed by atoms with E-state index >= 15 is 0 Å². The Bertz CT molecular complexity index is 1720. The smallest absolute Gasteiger partial charge is 0.340 e. The molecule has 0 heterocycles. The normalized spacial score (nSPS) is 13.2. The number of para-hydroxylation sites is 2. The van der Waals surface area contributed by atoms with Gasteiger partial charge in [-0.15, -0.1) is 0 Å². The molecule has 0 aromatic heterocycles. The molecule has 0 unspecified atom stereocenters. The Labute approximate surface area is 275 Å². The van der Waals surface area contributed by atoms with Crippen LogP contribution < -0.4 is 0 Å². The molecule has 4 aromatic carbocycles. The summed E-state index contributed by atoms with van der Waals surface area (Å²) in [6, 6.07) is 23.8. The van der Waals surface area contributed by atoms with Crippen LogP contribution in [-0.2, 0) is 47.1 Å². The number of carbonyl (C=O) groups excluding carboxylic acids is 2. The standard InChI is InChI=1S/C30H26N2O4.C5H10O2.CH3.Ni/c1-18-9-5-13-21(17-36-35-4)26(18)31-28-22-14-7-11-20-12-8-15-23(25(20)22)29(28)32-27-19(2)10-6-16-24(27)30(33)34-3;1-4(2)5(6)7-3;;/h5-16H,17H2,1-4H3;4H,1-3H3;1H3;/q;;-1;. The van der Waals surface area contributed by atoms with Crippen molar-refractivity contribution in [1.29, 1.82) is 0 Å². The van der Waals surface area contributed by atoms with Gasteiger partial charge in [0.2, 0.25) is 0 Å². The molecule has 1 aliphatic rings. The minimum absolute atomic E-state index is 0. The van der Waals surface area contributed by atoms with Crippen LogP contribution in [0.5, 0.6) is 0 Å². The van der Waals surface area contributed by atoms with Gasteiger partial charge in [-0.3, -0.25) is 4.79 Å². The Balaban J connectivity index is 0.000000706. The number of aliphatic imine (C=N–C) groups is 2. The first-order valence-corrected chi connectivity index (χ1v) is 13.9. The van der Waals surface area contributed by atoms with Crippen LogP contribution in [0.4, 0.5) is 11.4 Å². The second-order valence-corrected chi connectivity index (χ2v) is 10.3. The molecule has 0 atom stereocenters. The molecule has 4 aromatic rings. The Hall–Kier alpha value is -4.17. The molecule has 8 nitrogen and oxygen atoms in total. The molecule has 0 saturated heterocycles. The fourth-order valence-electron chi connectivity index (χ4n) is 4.88. The van der Waals surface area contributed by atoms with Crippen molar-refractivity contribution in [3.8, 4) is 0 Å². The van der Waals surface area contributed by atoms with Gasteiger partial charge in [0, 0.05) is 38.6 Å². The minimum atomic E-state index is -0.428. The molecule has 0 bridgehead atoms. The maximum atomic E-state index is 12.6. The van der Waals surface area contributed by atoms with Gasteiger partial charge in [0.25, 0.3) is 0 Å². The minimum Gasteiger partial charge on any atom is -0.469 e. The molecule has 1 aliphatic carbocycles. The molecule has 5 rings (SSSR count). The van der Waals surface area contributed by atoms with Gasteiger partial charge < -0.3 is 16.9 Å². The number of hydrogen-bond acceptors (Lipinski definition) is 8. The quantitative estimate of drug-likeness (QED) is 0.0663. The van der Waals surface area contributed by atoms with Crippen molar-refractivity contribution in [2.24, 2.45) is 15.9 Å². The van der Waals surface area contributed by atoms with E-state index in [-0.39, 0.29) is 42.4 Å². The number of nitrogens with zero attached hydrogens (tertiary/aromatic N) is 2. The number of benzene rings is 4. The number of rotatable bonds is 7. The molecular formula is C36H39N2NiO6-. The molecule has 0 amide bonds. The molecule has 0 radical (unpaired) electrons. The zero-order valence-corrected chi connectivity index (χ0v) is 27.9. The Kier molecular flexibility index (Phi) is 13.8. The summed E-state index contributed by atoms with van der Waals surface area (Å²) in [5.41, 5.74) is 8.00. The fraction of sp³-hybridized carbons (Fsp3) is 0.250. The zero-order chi connectivity index (χ0) is 31.1. The second kappa shape index (κ2) is 16.8. The Morgan fingerprint density at radius 3 is 1.78 bits per heavy atom. The van der Waals surface area contributed by atoms with E-state index in [1.807, 2.05) is 56.3 Å². The van der Waals surface area contributed by atoms with Crippen molar-refractivity contribution in [3.63, 3.8) is 0 Å². The number of hydrogen-bond donors (Lipinski definition) is 0. The van der Waals surface area contributed by atoms with Crippen molar-refractivity contribution in [1.82, 2.24) is 0 Å². The average Bonchev–Trinajstić information content (AvgIpc) is 3.31. The van der Waals surface area contributed by atoms with Crippen LogP contribution in [-0.4, -0.2) is 44.7 Å². The van der Waals surface area contributed by atoms with Crippen LogP contribution in [0.25, 0.3) is 10.8 Å². The van der Waals surface area contributed by atoms with Gasteiger partial charge in [-0.05, 0) is 36.4 Å². The topological polar surface area (TPSA) is 95.8 Å². The van der Waals surface area contributed by atoms with Gasteiger partial charge in [-0.2, -0.15) is 0 Å². The number of carbonyl (C=O) groups is 2. The monoisotopic (exact) mass is 653 g/mol. The summed E-state index contributed by atoms with van der Waals surface area (Å²) < 4.78 is 9.42. The predicted molar refractivity (Wildman–Crippen MR) is 175 cm³/mol. The van der Waals surface area contributed by atoms with Crippen molar-refractivity contribution >= 4 is 45.5 Å². The van der Waals surface area contributed by atoms with Gasteiger partial charge in [-0.25, -0.2) is 24.6 Å². The fourth-order valence-corrected chi connectivity index (χ4v) is 4.88. The maximum Gasteiger partial charge on any atom is 0.340 e. The summed E-state index contributed by atoms with van der Waals surface area (Å²) in [6.45, 7) is 7.81. The van der Waals surface area contributed by atoms with E-state index in [2.05, 4.69) is 29.0 Å². The van der Waals surface area contributed by atoms with Gasteiger partial charge in [-0.1, -0.05) is 80.6 Å². The van der Waals surface area contributed by atoms with Gasteiger partial charge >= 0.3 is 11.9 Å². The van der Waals surface area contributed by atoms with Crippen LogP contribution in [0.15, 0.2) is 82.8 Å². The van der Waals surface area contributed by atoms with E-state index in [0.717, 1.165) is 50.0 Å². The third kappa shape index (κ3) is 8.11. The molecule has 9 heteroatoms. The van der Waals surface area contributed by atoms with Gasteiger partial charge in [0.05, 0.1) is 55.6 Å². The third-order valence-corrected chi connectivity index (χ3v) is 7.06. The van der Waals surface area contributed by atoms with E-state index in [1.54, 1.807) is 19.9 Å². The van der Waals surface area contributed by atoms with Crippen molar-refractivity contribution in [2.45, 2.75) is 34.3 Å². The van der Waals surface area contributed by atoms with Gasteiger partial charge in [0.15, 0.2) is 0 Å². The first kappa shape index (κ1) is 37.0. The first-order valence-electron chi connectivity index (χ1n) is 13.9. The Morgan fingerprint density at radius 2 is 1.27 bits per heavy atom. The predicted octanol–water partition coefficient (Wildman–Crippen LogP) is 7.84. The average molecular weight is 654 g/mol. The summed E-state index contributed by atoms with van der Waals surface area (Å²) in [5, 5.41) is 2.20. The number of ether oxygens (including phenoxy) is 2. The van der Waals surface area contributed by atoms with E-state index in [1.165, 1.54) is 21.3 Å². The van der Waals surface area contributed by atoms with Crippen LogP contribution in [0.2, 0.25) is 0 Å². The van der Waals surface area contributed by atoms with E-state index in [0.29, 0.717) is 17.0 Å². The Morgan fingerprint density at radius 1 is 0.733 bits per heavy atom.